The van der Waals surface area contributed by atoms with Crippen molar-refractivity contribution in [3.63, 3.8) is 0 Å². The van der Waals surface area contributed by atoms with E-state index in [9.17, 15) is 9.59 Å². The van der Waals surface area contributed by atoms with Crippen molar-refractivity contribution in [2.45, 2.75) is 13.1 Å². The predicted molar refractivity (Wildman–Crippen MR) is 111 cm³/mol. The minimum atomic E-state index is -0.353. The maximum absolute atomic E-state index is 12.7. The third-order valence-electron chi connectivity index (χ3n) is 4.81. The fourth-order valence-corrected chi connectivity index (χ4v) is 3.23. The molecule has 1 aliphatic rings. The largest absolute Gasteiger partial charge is 0.497 e. The summed E-state index contributed by atoms with van der Waals surface area (Å²) in [7, 11) is 3.04. The lowest BCUT2D eigenvalue weighted by atomic mass is 10.2. The summed E-state index contributed by atoms with van der Waals surface area (Å²) in [6.07, 6.45) is 0. The first-order valence-corrected chi connectivity index (χ1v) is 9.29. The van der Waals surface area contributed by atoms with Crippen molar-refractivity contribution in [3.05, 3.63) is 65.4 Å². The lowest BCUT2D eigenvalue weighted by molar-refractivity contribution is 0.102. The second kappa shape index (κ2) is 8.16. The molecule has 0 fully saturated rings. The van der Waals surface area contributed by atoms with Crippen molar-refractivity contribution in [2.24, 2.45) is 0 Å². The van der Waals surface area contributed by atoms with Gasteiger partial charge in [0, 0.05) is 22.9 Å². The van der Waals surface area contributed by atoms with Crippen molar-refractivity contribution in [3.8, 4) is 11.5 Å². The van der Waals surface area contributed by atoms with Crippen LogP contribution in [0.15, 0.2) is 48.5 Å². The monoisotopic (exact) mass is 407 g/mol. The van der Waals surface area contributed by atoms with Gasteiger partial charge in [-0.1, -0.05) is 18.2 Å². The molecular formula is C21H21N5O4. The number of hydrogen-bond acceptors (Lipinski definition) is 5. The first kappa shape index (κ1) is 19.3. The first-order valence-electron chi connectivity index (χ1n) is 9.29. The van der Waals surface area contributed by atoms with Gasteiger partial charge in [-0.25, -0.2) is 4.79 Å². The van der Waals surface area contributed by atoms with Crippen LogP contribution >= 0.6 is 0 Å². The molecule has 3 N–H and O–H groups in total. The summed E-state index contributed by atoms with van der Waals surface area (Å²) in [5.41, 5.74) is 2.66. The van der Waals surface area contributed by atoms with E-state index in [1.54, 1.807) is 23.1 Å². The zero-order chi connectivity index (χ0) is 21.1. The van der Waals surface area contributed by atoms with E-state index < -0.39 is 0 Å². The van der Waals surface area contributed by atoms with E-state index in [0.717, 1.165) is 16.9 Å². The Kier molecular flexibility index (Phi) is 5.25. The highest BCUT2D eigenvalue weighted by Gasteiger charge is 2.29. The quantitative estimate of drug-likeness (QED) is 0.602. The van der Waals surface area contributed by atoms with Gasteiger partial charge in [0.15, 0.2) is 5.82 Å². The molecule has 9 nitrogen and oxygen atoms in total. The molecule has 3 amide bonds. The predicted octanol–water partition coefficient (Wildman–Crippen LogP) is 3.23. The Balaban J connectivity index is 1.46. The number of amides is 3. The average Bonchev–Trinajstić information content (AvgIpc) is 3.36. The van der Waals surface area contributed by atoms with Crippen molar-refractivity contribution in [1.29, 1.82) is 0 Å². The van der Waals surface area contributed by atoms with Gasteiger partial charge in [0.05, 0.1) is 33.0 Å². The number of rotatable bonds is 5. The number of aromatic nitrogens is 2. The summed E-state index contributed by atoms with van der Waals surface area (Å²) >= 11 is 0. The van der Waals surface area contributed by atoms with Crippen molar-refractivity contribution >= 4 is 23.4 Å². The molecule has 0 atom stereocenters. The molecule has 0 bridgehead atoms. The van der Waals surface area contributed by atoms with E-state index in [1.807, 2.05) is 30.3 Å². The number of aromatic amines is 1. The van der Waals surface area contributed by atoms with E-state index in [0.29, 0.717) is 36.0 Å². The summed E-state index contributed by atoms with van der Waals surface area (Å²) in [5, 5.41) is 12.7. The zero-order valence-corrected chi connectivity index (χ0v) is 16.6. The Bertz CT molecular complexity index is 1060. The number of hydrogen-bond donors (Lipinski definition) is 3. The number of urea groups is 1. The van der Waals surface area contributed by atoms with Crippen LogP contribution in [-0.4, -0.2) is 41.3 Å². The Morgan fingerprint density at radius 3 is 2.37 bits per heavy atom. The molecule has 4 rings (SSSR count). The molecule has 2 heterocycles. The molecule has 0 spiro atoms. The normalized spacial score (nSPS) is 12.3. The van der Waals surface area contributed by atoms with Crippen LogP contribution in [0.5, 0.6) is 11.5 Å². The van der Waals surface area contributed by atoms with E-state index >= 15 is 0 Å². The van der Waals surface area contributed by atoms with Crippen LogP contribution in [0.2, 0.25) is 0 Å². The molecule has 9 heteroatoms. The van der Waals surface area contributed by atoms with Crippen molar-refractivity contribution < 1.29 is 19.1 Å². The minimum Gasteiger partial charge on any atom is -0.497 e. The maximum Gasteiger partial charge on any atom is 0.322 e. The standard InChI is InChI=1S/C21H21N5O4/c1-29-15-8-13(9-16(10-15)30-2)20(27)23-19-17-11-26(12-18(17)24-25-19)21(28)22-14-6-4-3-5-7-14/h3-10H,11-12H2,1-2H3,(H,22,28)(H2,23,24,25,27). The van der Waals surface area contributed by atoms with Gasteiger partial charge in [-0.15, -0.1) is 0 Å². The molecule has 0 saturated carbocycles. The summed E-state index contributed by atoms with van der Waals surface area (Å²) in [5.74, 6) is 1.06. The maximum atomic E-state index is 12.7. The highest BCUT2D eigenvalue weighted by molar-refractivity contribution is 6.04. The number of benzene rings is 2. The SMILES string of the molecule is COc1cc(OC)cc(C(=O)Nc2n[nH]c3c2CN(C(=O)Nc2ccccc2)C3)c1. The molecule has 3 aromatic rings. The third-order valence-corrected chi connectivity index (χ3v) is 4.81. The summed E-state index contributed by atoms with van der Waals surface area (Å²) < 4.78 is 10.4. The molecule has 2 aromatic carbocycles. The van der Waals surface area contributed by atoms with Crippen LogP contribution in [-0.2, 0) is 13.1 Å². The molecule has 30 heavy (non-hydrogen) atoms. The molecule has 0 unspecified atom stereocenters. The second-order valence-electron chi connectivity index (χ2n) is 6.74. The van der Waals surface area contributed by atoms with Gasteiger partial charge >= 0.3 is 6.03 Å². The van der Waals surface area contributed by atoms with Crippen LogP contribution < -0.4 is 20.1 Å². The van der Waals surface area contributed by atoms with E-state index in [4.69, 9.17) is 9.47 Å². The molecule has 1 aliphatic heterocycles. The van der Waals surface area contributed by atoms with Gasteiger partial charge in [-0.3, -0.25) is 9.89 Å². The highest BCUT2D eigenvalue weighted by Crippen LogP contribution is 2.29. The number of anilines is 2. The Morgan fingerprint density at radius 1 is 1.00 bits per heavy atom. The number of carbonyl (C=O) groups is 2. The number of para-hydroxylation sites is 1. The van der Waals surface area contributed by atoms with E-state index in [-0.39, 0.29) is 11.9 Å². The number of carbonyl (C=O) groups excluding carboxylic acids is 2. The zero-order valence-electron chi connectivity index (χ0n) is 16.6. The lowest BCUT2D eigenvalue weighted by Gasteiger charge is -2.16. The van der Waals surface area contributed by atoms with Gasteiger partial charge < -0.3 is 25.0 Å². The van der Waals surface area contributed by atoms with Crippen LogP contribution in [0.4, 0.5) is 16.3 Å². The van der Waals surface area contributed by atoms with Crippen LogP contribution in [0.25, 0.3) is 0 Å². The smallest absolute Gasteiger partial charge is 0.322 e. The van der Waals surface area contributed by atoms with Crippen LogP contribution in [0.1, 0.15) is 21.6 Å². The van der Waals surface area contributed by atoms with Gasteiger partial charge in [-0.2, -0.15) is 5.10 Å². The Hall–Kier alpha value is -4.01. The van der Waals surface area contributed by atoms with E-state index in [2.05, 4.69) is 20.8 Å². The van der Waals surface area contributed by atoms with Gasteiger partial charge in [0.25, 0.3) is 5.91 Å². The van der Waals surface area contributed by atoms with Crippen LogP contribution in [0, 0.1) is 0 Å². The number of ether oxygens (including phenoxy) is 2. The van der Waals surface area contributed by atoms with Crippen molar-refractivity contribution in [1.82, 2.24) is 15.1 Å². The minimum absolute atomic E-state index is 0.222. The third kappa shape index (κ3) is 3.90. The molecule has 0 aliphatic carbocycles. The van der Waals surface area contributed by atoms with Crippen molar-refractivity contribution in [2.75, 3.05) is 24.9 Å². The van der Waals surface area contributed by atoms with Gasteiger partial charge in [-0.05, 0) is 24.3 Å². The fourth-order valence-electron chi connectivity index (χ4n) is 3.23. The number of methoxy groups -OCH3 is 2. The number of fused-ring (bicyclic) bond motifs is 1. The molecule has 0 radical (unpaired) electrons. The topological polar surface area (TPSA) is 109 Å². The van der Waals surface area contributed by atoms with E-state index in [1.165, 1.54) is 14.2 Å². The summed E-state index contributed by atoms with van der Waals surface area (Å²) in [6, 6.07) is 13.9. The number of H-pyrrole nitrogens is 1. The lowest BCUT2D eigenvalue weighted by Crippen LogP contribution is -2.30. The van der Waals surface area contributed by atoms with Gasteiger partial charge in [0.1, 0.15) is 11.5 Å². The molecule has 1 aromatic heterocycles. The number of nitrogens with zero attached hydrogens (tertiary/aromatic N) is 2. The second-order valence-corrected chi connectivity index (χ2v) is 6.74. The first-order chi connectivity index (χ1) is 14.6. The Labute approximate surface area is 173 Å². The highest BCUT2D eigenvalue weighted by atomic mass is 16.5. The molecule has 154 valence electrons. The van der Waals surface area contributed by atoms with Gasteiger partial charge in [0.2, 0.25) is 0 Å². The molecule has 0 saturated heterocycles. The molecular weight excluding hydrogens is 386 g/mol. The summed E-state index contributed by atoms with van der Waals surface area (Å²) in [6.45, 7) is 0.714. The van der Waals surface area contributed by atoms with Crippen LogP contribution in [0.3, 0.4) is 0 Å². The summed E-state index contributed by atoms with van der Waals surface area (Å²) in [4.78, 5) is 26.9. The average molecular weight is 407 g/mol. The Morgan fingerprint density at radius 2 is 1.70 bits per heavy atom. The fraction of sp³-hybridized carbons (Fsp3) is 0.190. The number of nitrogens with one attached hydrogen (secondary N) is 3.